The van der Waals surface area contributed by atoms with Crippen LogP contribution in [0.15, 0.2) is 42.5 Å². The molecular weight excluding hydrogens is 390 g/mol. The van der Waals surface area contributed by atoms with Crippen molar-refractivity contribution in [2.45, 2.75) is 57.6 Å². The first kappa shape index (κ1) is 21.7. The van der Waals surface area contributed by atoms with Gasteiger partial charge in [-0.3, -0.25) is 4.79 Å². The van der Waals surface area contributed by atoms with E-state index < -0.39 is 35.3 Å². The fourth-order valence-electron chi connectivity index (χ4n) is 3.04. The average molecular weight is 416 g/mol. The summed E-state index contributed by atoms with van der Waals surface area (Å²) in [6, 6.07) is 9.32. The molecule has 0 unspecified atom stereocenters. The minimum absolute atomic E-state index is 0.0412. The molecule has 160 valence electrons. The van der Waals surface area contributed by atoms with Crippen molar-refractivity contribution in [3.05, 3.63) is 65.2 Å². The molecule has 3 rings (SSSR count). The molecular formula is C23H26F2N2O3. The van der Waals surface area contributed by atoms with E-state index in [1.54, 1.807) is 26.8 Å². The Balaban J connectivity index is 1.74. The van der Waals surface area contributed by atoms with Gasteiger partial charge in [-0.15, -0.1) is 0 Å². The zero-order valence-electron chi connectivity index (χ0n) is 17.3. The SMILES string of the molecule is CC(C)(C)OC(=O)N[C@@H](Cc1ccc(F)cc1)C(=O)Nc1ccc(C2CC2)cc1F. The topological polar surface area (TPSA) is 67.4 Å². The monoisotopic (exact) mass is 416 g/mol. The van der Waals surface area contributed by atoms with Gasteiger partial charge in [0.05, 0.1) is 5.69 Å². The lowest BCUT2D eigenvalue weighted by Gasteiger charge is -2.23. The van der Waals surface area contributed by atoms with Crippen molar-refractivity contribution in [3.63, 3.8) is 0 Å². The molecule has 1 aliphatic carbocycles. The quantitative estimate of drug-likeness (QED) is 0.703. The van der Waals surface area contributed by atoms with E-state index in [0.29, 0.717) is 11.5 Å². The Morgan fingerprint density at radius 3 is 2.33 bits per heavy atom. The molecule has 0 aromatic heterocycles. The third-order valence-electron chi connectivity index (χ3n) is 4.66. The molecule has 0 radical (unpaired) electrons. The van der Waals surface area contributed by atoms with Crippen LogP contribution in [0.5, 0.6) is 0 Å². The van der Waals surface area contributed by atoms with E-state index >= 15 is 0 Å². The van der Waals surface area contributed by atoms with Crippen LogP contribution in [0.4, 0.5) is 19.3 Å². The highest BCUT2D eigenvalue weighted by molar-refractivity contribution is 5.96. The molecule has 7 heteroatoms. The molecule has 2 amide bonds. The average Bonchev–Trinajstić information content (AvgIpc) is 3.48. The predicted octanol–water partition coefficient (Wildman–Crippen LogP) is 4.92. The lowest BCUT2D eigenvalue weighted by molar-refractivity contribution is -0.118. The highest BCUT2D eigenvalue weighted by atomic mass is 19.1. The van der Waals surface area contributed by atoms with Crippen molar-refractivity contribution in [2.75, 3.05) is 5.32 Å². The van der Waals surface area contributed by atoms with Crippen molar-refractivity contribution in [1.82, 2.24) is 5.32 Å². The number of hydrogen-bond donors (Lipinski definition) is 2. The van der Waals surface area contributed by atoms with Crippen LogP contribution in [-0.4, -0.2) is 23.6 Å². The minimum Gasteiger partial charge on any atom is -0.444 e. The number of halogens is 2. The van der Waals surface area contributed by atoms with Gasteiger partial charge in [-0.25, -0.2) is 13.6 Å². The van der Waals surface area contributed by atoms with Crippen molar-refractivity contribution < 1.29 is 23.1 Å². The number of carbonyl (C=O) groups is 2. The van der Waals surface area contributed by atoms with E-state index in [1.807, 2.05) is 0 Å². The van der Waals surface area contributed by atoms with Gasteiger partial charge in [-0.05, 0) is 74.9 Å². The summed E-state index contributed by atoms with van der Waals surface area (Å²) in [5.41, 5.74) is 0.850. The highest BCUT2D eigenvalue weighted by Gasteiger charge is 2.27. The van der Waals surface area contributed by atoms with Crippen LogP contribution < -0.4 is 10.6 Å². The number of amides is 2. The van der Waals surface area contributed by atoms with Crippen LogP contribution in [0.3, 0.4) is 0 Å². The summed E-state index contributed by atoms with van der Waals surface area (Å²) in [5, 5.41) is 5.06. The Hall–Kier alpha value is -2.96. The van der Waals surface area contributed by atoms with Gasteiger partial charge >= 0.3 is 6.09 Å². The van der Waals surface area contributed by atoms with Crippen molar-refractivity contribution in [3.8, 4) is 0 Å². The normalized spacial score (nSPS) is 14.7. The first-order valence-electron chi connectivity index (χ1n) is 9.95. The zero-order chi connectivity index (χ0) is 21.9. The summed E-state index contributed by atoms with van der Waals surface area (Å²) in [4.78, 5) is 25.1. The summed E-state index contributed by atoms with van der Waals surface area (Å²) in [6.07, 6.45) is 1.41. The number of benzene rings is 2. The second-order valence-corrected chi connectivity index (χ2v) is 8.53. The number of alkyl carbamates (subject to hydrolysis) is 1. The molecule has 1 fully saturated rings. The van der Waals surface area contributed by atoms with Crippen molar-refractivity contribution in [1.29, 1.82) is 0 Å². The number of hydrogen-bond acceptors (Lipinski definition) is 3. The molecule has 0 spiro atoms. The maximum Gasteiger partial charge on any atom is 0.408 e. The Morgan fingerprint density at radius 1 is 1.10 bits per heavy atom. The van der Waals surface area contributed by atoms with E-state index in [9.17, 15) is 18.4 Å². The molecule has 2 aromatic rings. The molecule has 2 N–H and O–H groups in total. The van der Waals surface area contributed by atoms with Crippen LogP contribution in [0.2, 0.25) is 0 Å². The third kappa shape index (κ3) is 6.27. The van der Waals surface area contributed by atoms with E-state index in [4.69, 9.17) is 4.74 Å². The van der Waals surface area contributed by atoms with E-state index in [0.717, 1.165) is 18.4 Å². The highest BCUT2D eigenvalue weighted by Crippen LogP contribution is 2.40. The minimum atomic E-state index is -1.03. The first-order valence-corrected chi connectivity index (χ1v) is 9.95. The maximum absolute atomic E-state index is 14.4. The summed E-state index contributed by atoms with van der Waals surface area (Å²) < 4.78 is 32.9. The molecule has 0 bridgehead atoms. The summed E-state index contributed by atoms with van der Waals surface area (Å²) in [7, 11) is 0. The third-order valence-corrected chi connectivity index (χ3v) is 4.66. The van der Waals surface area contributed by atoms with Crippen LogP contribution in [0.25, 0.3) is 0 Å². The molecule has 0 heterocycles. The van der Waals surface area contributed by atoms with Gasteiger partial charge in [-0.2, -0.15) is 0 Å². The number of carbonyl (C=O) groups excluding carboxylic acids is 2. The van der Waals surface area contributed by atoms with Gasteiger partial charge in [0.15, 0.2) is 0 Å². The van der Waals surface area contributed by atoms with Crippen molar-refractivity contribution >= 4 is 17.7 Å². The van der Waals surface area contributed by atoms with Crippen LogP contribution in [-0.2, 0) is 16.0 Å². The van der Waals surface area contributed by atoms with E-state index in [2.05, 4.69) is 10.6 Å². The molecule has 5 nitrogen and oxygen atoms in total. The summed E-state index contributed by atoms with van der Waals surface area (Å²) in [6.45, 7) is 5.12. The molecule has 1 atom stereocenters. The van der Waals surface area contributed by atoms with Gasteiger partial charge in [0, 0.05) is 6.42 Å². The van der Waals surface area contributed by atoms with Crippen LogP contribution in [0.1, 0.15) is 50.7 Å². The Labute approximate surface area is 174 Å². The number of rotatable bonds is 6. The van der Waals surface area contributed by atoms with Crippen LogP contribution >= 0.6 is 0 Å². The molecule has 30 heavy (non-hydrogen) atoms. The van der Waals surface area contributed by atoms with Gasteiger partial charge in [0.25, 0.3) is 0 Å². The fraction of sp³-hybridized carbons (Fsp3) is 0.391. The van der Waals surface area contributed by atoms with Crippen LogP contribution in [0, 0.1) is 11.6 Å². The Bertz CT molecular complexity index is 919. The number of ether oxygens (including phenoxy) is 1. The molecule has 1 saturated carbocycles. The standard InChI is InChI=1S/C23H26F2N2O3/c1-23(2,3)30-22(29)27-20(12-14-4-9-17(24)10-5-14)21(28)26-19-11-8-16(13-18(19)25)15-6-7-15/h4-5,8-11,13,15,20H,6-7,12H2,1-3H3,(H,26,28)(H,27,29)/t20-/m0/s1. The largest absolute Gasteiger partial charge is 0.444 e. The second kappa shape index (κ2) is 8.81. The van der Waals surface area contributed by atoms with Crippen molar-refractivity contribution in [2.24, 2.45) is 0 Å². The second-order valence-electron chi connectivity index (χ2n) is 8.53. The summed E-state index contributed by atoms with van der Waals surface area (Å²) >= 11 is 0. The van der Waals surface area contributed by atoms with Gasteiger partial charge in [0.2, 0.25) is 5.91 Å². The van der Waals surface area contributed by atoms with Gasteiger partial charge in [0.1, 0.15) is 23.3 Å². The number of nitrogens with one attached hydrogen (secondary N) is 2. The Morgan fingerprint density at radius 2 is 1.77 bits per heavy atom. The van der Waals surface area contributed by atoms with E-state index in [-0.39, 0.29) is 12.1 Å². The number of anilines is 1. The van der Waals surface area contributed by atoms with E-state index in [1.165, 1.54) is 36.4 Å². The fourth-order valence-corrected chi connectivity index (χ4v) is 3.04. The predicted molar refractivity (Wildman–Crippen MR) is 110 cm³/mol. The van der Waals surface area contributed by atoms with Gasteiger partial charge < -0.3 is 15.4 Å². The lowest BCUT2D eigenvalue weighted by Crippen LogP contribution is -2.47. The smallest absolute Gasteiger partial charge is 0.408 e. The molecule has 1 aliphatic rings. The lowest BCUT2D eigenvalue weighted by atomic mass is 10.0. The molecule has 2 aromatic carbocycles. The zero-order valence-corrected chi connectivity index (χ0v) is 17.3. The Kier molecular flexibility index (Phi) is 6.39. The van der Waals surface area contributed by atoms with Gasteiger partial charge in [-0.1, -0.05) is 18.2 Å². The maximum atomic E-state index is 14.4. The first-order chi connectivity index (χ1) is 14.1. The summed E-state index contributed by atoms with van der Waals surface area (Å²) in [5.74, 6) is -1.13. The molecule has 0 saturated heterocycles. The molecule has 0 aliphatic heterocycles.